The van der Waals surface area contributed by atoms with Crippen LogP contribution in [0.1, 0.15) is 27.7 Å². The van der Waals surface area contributed by atoms with Crippen molar-refractivity contribution in [3.8, 4) is 0 Å². The highest BCUT2D eigenvalue weighted by atomic mass is 14.7. The molecule has 0 nitrogen and oxygen atoms in total. The van der Waals surface area contributed by atoms with Gasteiger partial charge in [-0.1, -0.05) is 27.7 Å². The average Bonchev–Trinajstić information content (AvgIpc) is 2.39. The van der Waals surface area contributed by atoms with Crippen LogP contribution in [0.3, 0.4) is 0 Å². The van der Waals surface area contributed by atoms with Crippen LogP contribution in [-0.4, -0.2) is 0 Å². The SMILES string of the molecule is CC1C2C(C)C(C)(C)C12. The fourth-order valence-corrected chi connectivity index (χ4v) is 3.11. The van der Waals surface area contributed by atoms with Crippen LogP contribution in [0.5, 0.6) is 0 Å². The molecule has 0 radical (unpaired) electrons. The summed E-state index contributed by atoms with van der Waals surface area (Å²) in [5, 5.41) is 0. The molecule has 4 unspecified atom stereocenters. The zero-order chi connectivity index (χ0) is 6.81. The summed E-state index contributed by atoms with van der Waals surface area (Å²) < 4.78 is 0. The second-order valence-electron chi connectivity index (χ2n) is 4.57. The van der Waals surface area contributed by atoms with Crippen molar-refractivity contribution < 1.29 is 0 Å². The first-order chi connectivity index (χ1) is 4.07. The van der Waals surface area contributed by atoms with Crippen molar-refractivity contribution in [2.75, 3.05) is 0 Å². The van der Waals surface area contributed by atoms with Gasteiger partial charge in [0.05, 0.1) is 0 Å². The molecule has 2 aliphatic carbocycles. The second kappa shape index (κ2) is 1.21. The summed E-state index contributed by atoms with van der Waals surface area (Å²) in [5.41, 5.74) is 0.685. The fourth-order valence-electron chi connectivity index (χ4n) is 3.11. The lowest BCUT2D eigenvalue weighted by Crippen LogP contribution is -2.35. The number of hydrogen-bond donors (Lipinski definition) is 0. The highest BCUT2D eigenvalue weighted by Crippen LogP contribution is 2.74. The van der Waals surface area contributed by atoms with Gasteiger partial charge >= 0.3 is 0 Å². The predicted molar refractivity (Wildman–Crippen MR) is 39.1 cm³/mol. The quantitative estimate of drug-likeness (QED) is 0.465. The Morgan fingerprint density at radius 1 is 1.11 bits per heavy atom. The molecule has 0 aromatic rings. The van der Waals surface area contributed by atoms with Crippen LogP contribution in [0, 0.1) is 29.1 Å². The van der Waals surface area contributed by atoms with Crippen LogP contribution in [-0.2, 0) is 0 Å². The molecule has 0 heteroatoms. The Kier molecular flexibility index (Phi) is 0.774. The van der Waals surface area contributed by atoms with Crippen molar-refractivity contribution in [2.24, 2.45) is 29.1 Å². The van der Waals surface area contributed by atoms with Gasteiger partial charge in [-0.05, 0) is 29.1 Å². The molecule has 0 bridgehead atoms. The van der Waals surface area contributed by atoms with Crippen LogP contribution in [0.2, 0.25) is 0 Å². The van der Waals surface area contributed by atoms with Gasteiger partial charge in [-0.25, -0.2) is 0 Å². The van der Waals surface area contributed by atoms with Gasteiger partial charge in [0.25, 0.3) is 0 Å². The van der Waals surface area contributed by atoms with Gasteiger partial charge in [0.15, 0.2) is 0 Å². The summed E-state index contributed by atoms with van der Waals surface area (Å²) >= 11 is 0. The Morgan fingerprint density at radius 2 is 1.67 bits per heavy atom. The van der Waals surface area contributed by atoms with Crippen LogP contribution in [0.15, 0.2) is 0 Å². The lowest BCUT2D eigenvalue weighted by molar-refractivity contribution is 0.0684. The minimum Gasteiger partial charge on any atom is -0.0619 e. The summed E-state index contributed by atoms with van der Waals surface area (Å²) in [7, 11) is 0. The molecule has 0 heterocycles. The van der Waals surface area contributed by atoms with Crippen LogP contribution in [0.4, 0.5) is 0 Å². The molecule has 0 saturated heterocycles. The van der Waals surface area contributed by atoms with Gasteiger partial charge in [-0.2, -0.15) is 0 Å². The third-order valence-corrected chi connectivity index (χ3v) is 4.06. The van der Waals surface area contributed by atoms with Crippen molar-refractivity contribution >= 4 is 0 Å². The van der Waals surface area contributed by atoms with E-state index in [9.17, 15) is 0 Å². The van der Waals surface area contributed by atoms with E-state index in [2.05, 4.69) is 27.7 Å². The van der Waals surface area contributed by atoms with Gasteiger partial charge in [0.1, 0.15) is 0 Å². The molecule has 0 aromatic carbocycles. The molecule has 2 aliphatic rings. The van der Waals surface area contributed by atoms with Crippen molar-refractivity contribution in [1.82, 2.24) is 0 Å². The summed E-state index contributed by atoms with van der Waals surface area (Å²) in [4.78, 5) is 0. The number of rotatable bonds is 0. The molecule has 2 saturated carbocycles. The third kappa shape index (κ3) is 0.426. The first-order valence-electron chi connectivity index (χ1n) is 4.07. The molecule has 52 valence electrons. The molecule has 9 heavy (non-hydrogen) atoms. The normalized spacial score (nSPS) is 60.0. The topological polar surface area (TPSA) is 0 Å². The molecular weight excluding hydrogens is 108 g/mol. The Morgan fingerprint density at radius 3 is 1.78 bits per heavy atom. The summed E-state index contributed by atoms with van der Waals surface area (Å²) in [6.45, 7) is 9.65. The third-order valence-electron chi connectivity index (χ3n) is 4.06. The van der Waals surface area contributed by atoms with E-state index in [0.717, 1.165) is 23.7 Å². The summed E-state index contributed by atoms with van der Waals surface area (Å²) in [6, 6.07) is 0. The lowest BCUT2D eigenvalue weighted by Gasteiger charge is -2.41. The van der Waals surface area contributed by atoms with Gasteiger partial charge in [0.2, 0.25) is 0 Å². The van der Waals surface area contributed by atoms with E-state index in [-0.39, 0.29) is 0 Å². The number of hydrogen-bond acceptors (Lipinski definition) is 0. The molecule has 0 aliphatic heterocycles. The molecule has 4 atom stereocenters. The fraction of sp³-hybridized carbons (Fsp3) is 1.00. The van der Waals surface area contributed by atoms with Crippen molar-refractivity contribution in [3.63, 3.8) is 0 Å². The summed E-state index contributed by atoms with van der Waals surface area (Å²) in [5.74, 6) is 4.25. The molecule has 2 rings (SSSR count). The van der Waals surface area contributed by atoms with E-state index in [0.29, 0.717) is 5.41 Å². The first kappa shape index (κ1) is 5.76. The maximum absolute atomic E-state index is 2.42. The lowest BCUT2D eigenvalue weighted by atomic mass is 9.64. The van der Waals surface area contributed by atoms with Gasteiger partial charge < -0.3 is 0 Å². The minimum atomic E-state index is 0.685. The molecule has 0 N–H and O–H groups in total. The largest absolute Gasteiger partial charge is 0.0619 e. The Hall–Kier alpha value is 0. The molecule has 2 fully saturated rings. The van der Waals surface area contributed by atoms with Gasteiger partial charge in [-0.3, -0.25) is 0 Å². The smallest absolute Gasteiger partial charge is 0.0292 e. The van der Waals surface area contributed by atoms with E-state index >= 15 is 0 Å². The monoisotopic (exact) mass is 124 g/mol. The van der Waals surface area contributed by atoms with E-state index in [1.807, 2.05) is 0 Å². The maximum Gasteiger partial charge on any atom is -0.0292 e. The highest BCUT2D eigenvalue weighted by molar-refractivity contribution is 5.16. The van der Waals surface area contributed by atoms with E-state index in [1.165, 1.54) is 0 Å². The molecule has 0 amide bonds. The van der Waals surface area contributed by atoms with Crippen LogP contribution < -0.4 is 0 Å². The van der Waals surface area contributed by atoms with E-state index in [4.69, 9.17) is 0 Å². The Balaban J connectivity index is 2.17. The zero-order valence-electron chi connectivity index (χ0n) is 6.81. The number of fused-ring (bicyclic) bond motifs is 1. The highest BCUT2D eigenvalue weighted by Gasteiger charge is 2.69. The molecular formula is C9H16. The Bertz CT molecular complexity index is 138. The van der Waals surface area contributed by atoms with Crippen molar-refractivity contribution in [1.29, 1.82) is 0 Å². The average molecular weight is 124 g/mol. The van der Waals surface area contributed by atoms with E-state index < -0.39 is 0 Å². The minimum absolute atomic E-state index is 0.685. The molecule has 0 aromatic heterocycles. The standard InChI is InChI=1S/C9H16/c1-5-7-6(2)9(3,4)8(5)7/h5-8H,1-4H3. The predicted octanol–water partition coefficient (Wildman–Crippen LogP) is 2.54. The second-order valence-corrected chi connectivity index (χ2v) is 4.57. The maximum atomic E-state index is 2.42. The van der Waals surface area contributed by atoms with Gasteiger partial charge in [-0.15, -0.1) is 0 Å². The summed E-state index contributed by atoms with van der Waals surface area (Å²) in [6.07, 6.45) is 0. The Labute approximate surface area is 57.6 Å². The van der Waals surface area contributed by atoms with Crippen molar-refractivity contribution in [3.05, 3.63) is 0 Å². The van der Waals surface area contributed by atoms with Gasteiger partial charge in [0, 0.05) is 0 Å². The molecule has 0 spiro atoms. The van der Waals surface area contributed by atoms with Crippen LogP contribution in [0.25, 0.3) is 0 Å². The zero-order valence-corrected chi connectivity index (χ0v) is 6.81. The first-order valence-corrected chi connectivity index (χ1v) is 4.07. The van der Waals surface area contributed by atoms with E-state index in [1.54, 1.807) is 0 Å². The van der Waals surface area contributed by atoms with Crippen LogP contribution >= 0.6 is 0 Å². The van der Waals surface area contributed by atoms with Crippen molar-refractivity contribution in [2.45, 2.75) is 27.7 Å².